The maximum absolute atomic E-state index is 13.2. The molecule has 1 unspecified atom stereocenters. The summed E-state index contributed by atoms with van der Waals surface area (Å²) in [6.07, 6.45) is 6.75. The van der Waals surface area contributed by atoms with E-state index in [-0.39, 0.29) is 30.4 Å². The molecular formula is C23H28N6O3S. The third-order valence-corrected chi connectivity index (χ3v) is 6.53. The van der Waals surface area contributed by atoms with Crippen molar-refractivity contribution in [3.05, 3.63) is 64.1 Å². The molecule has 2 amide bonds. The van der Waals surface area contributed by atoms with Crippen molar-refractivity contribution in [1.82, 2.24) is 29.5 Å². The minimum atomic E-state index is -0.347. The van der Waals surface area contributed by atoms with Crippen LogP contribution in [0.3, 0.4) is 0 Å². The van der Waals surface area contributed by atoms with E-state index in [2.05, 4.69) is 15.1 Å². The number of nitrogens with zero attached hydrogens (tertiary/aromatic N) is 6. The first-order valence-corrected chi connectivity index (χ1v) is 11.8. The lowest BCUT2D eigenvalue weighted by Crippen LogP contribution is -2.39. The SMILES string of the molecule is CC(C)c1nc(C(=O)N2CC(=O)N(Cc3cnn(C)c3)CC(OCc3cccnc3)C2)cs1. The van der Waals surface area contributed by atoms with Gasteiger partial charge in [0.15, 0.2) is 0 Å². The van der Waals surface area contributed by atoms with Crippen molar-refractivity contribution in [1.29, 1.82) is 0 Å². The normalized spacial score (nSPS) is 17.0. The molecule has 1 aliphatic heterocycles. The third kappa shape index (κ3) is 5.82. The predicted molar refractivity (Wildman–Crippen MR) is 124 cm³/mol. The van der Waals surface area contributed by atoms with Crippen molar-refractivity contribution in [2.24, 2.45) is 7.05 Å². The summed E-state index contributed by atoms with van der Waals surface area (Å²) >= 11 is 1.47. The van der Waals surface area contributed by atoms with Crippen LogP contribution >= 0.6 is 11.3 Å². The van der Waals surface area contributed by atoms with Gasteiger partial charge in [-0.15, -0.1) is 11.3 Å². The second-order valence-electron chi connectivity index (χ2n) is 8.50. The van der Waals surface area contributed by atoms with Crippen molar-refractivity contribution in [2.45, 2.75) is 39.0 Å². The summed E-state index contributed by atoms with van der Waals surface area (Å²) in [5.41, 5.74) is 2.24. The van der Waals surface area contributed by atoms with Gasteiger partial charge in [-0.25, -0.2) is 4.98 Å². The van der Waals surface area contributed by atoms with Crippen LogP contribution < -0.4 is 0 Å². The molecule has 33 heavy (non-hydrogen) atoms. The second-order valence-corrected chi connectivity index (χ2v) is 9.39. The van der Waals surface area contributed by atoms with Crippen molar-refractivity contribution in [2.75, 3.05) is 19.6 Å². The first-order valence-electron chi connectivity index (χ1n) is 10.9. The topological polar surface area (TPSA) is 93.5 Å². The van der Waals surface area contributed by atoms with Gasteiger partial charge < -0.3 is 14.5 Å². The zero-order chi connectivity index (χ0) is 23.4. The molecule has 174 valence electrons. The summed E-state index contributed by atoms with van der Waals surface area (Å²) in [6, 6.07) is 3.79. The summed E-state index contributed by atoms with van der Waals surface area (Å²) in [5.74, 6) is -0.128. The third-order valence-electron chi connectivity index (χ3n) is 5.39. The molecule has 1 atom stereocenters. The molecule has 0 bridgehead atoms. The smallest absolute Gasteiger partial charge is 0.273 e. The molecular weight excluding hydrogens is 440 g/mol. The number of hydrogen-bond acceptors (Lipinski definition) is 7. The van der Waals surface area contributed by atoms with Gasteiger partial charge >= 0.3 is 0 Å². The van der Waals surface area contributed by atoms with Gasteiger partial charge in [0.05, 0.1) is 23.9 Å². The van der Waals surface area contributed by atoms with E-state index in [1.807, 2.05) is 39.2 Å². The van der Waals surface area contributed by atoms with Gasteiger partial charge in [-0.2, -0.15) is 5.10 Å². The van der Waals surface area contributed by atoms with Crippen LogP contribution in [0.25, 0.3) is 0 Å². The summed E-state index contributed by atoms with van der Waals surface area (Å²) in [6.45, 7) is 5.52. The zero-order valence-corrected chi connectivity index (χ0v) is 19.9. The second kappa shape index (κ2) is 10.2. The number of carbonyl (C=O) groups excluding carboxylic acids is 2. The van der Waals surface area contributed by atoms with Crippen LogP contribution in [0.15, 0.2) is 42.3 Å². The number of aromatic nitrogens is 4. The average molecular weight is 469 g/mol. The molecule has 9 nitrogen and oxygen atoms in total. The lowest BCUT2D eigenvalue weighted by Gasteiger charge is -2.24. The standard InChI is InChI=1S/C23H28N6O3S/c1-16(2)22-26-20(15-33-22)23(31)29-12-19(32-14-17-5-4-6-24-7-17)11-28(21(30)13-29)10-18-8-25-27(3)9-18/h4-9,15-16,19H,10-14H2,1-3H3. The summed E-state index contributed by atoms with van der Waals surface area (Å²) in [7, 11) is 1.84. The molecule has 3 aromatic heterocycles. The summed E-state index contributed by atoms with van der Waals surface area (Å²) in [4.78, 5) is 38.3. The lowest BCUT2D eigenvalue weighted by atomic mass is 10.2. The number of pyridine rings is 1. The van der Waals surface area contributed by atoms with Crippen LogP contribution in [-0.2, 0) is 29.7 Å². The highest BCUT2D eigenvalue weighted by Crippen LogP contribution is 2.21. The number of ether oxygens (including phenoxy) is 1. The monoisotopic (exact) mass is 468 g/mol. The van der Waals surface area contributed by atoms with E-state index in [4.69, 9.17) is 4.74 Å². The fourth-order valence-electron chi connectivity index (χ4n) is 3.68. The van der Waals surface area contributed by atoms with Gasteiger partial charge in [0.1, 0.15) is 12.2 Å². The lowest BCUT2D eigenvalue weighted by molar-refractivity contribution is -0.132. The van der Waals surface area contributed by atoms with Gasteiger partial charge in [0.2, 0.25) is 5.91 Å². The molecule has 0 N–H and O–H groups in total. The maximum Gasteiger partial charge on any atom is 0.273 e. The van der Waals surface area contributed by atoms with Crippen molar-refractivity contribution in [3.63, 3.8) is 0 Å². The Balaban J connectivity index is 1.53. The Morgan fingerprint density at radius 2 is 2.12 bits per heavy atom. The Morgan fingerprint density at radius 3 is 2.79 bits per heavy atom. The van der Waals surface area contributed by atoms with Crippen LogP contribution in [0.2, 0.25) is 0 Å². The number of thiazole rings is 1. The highest BCUT2D eigenvalue weighted by Gasteiger charge is 2.32. The van der Waals surface area contributed by atoms with Gasteiger partial charge in [0, 0.05) is 62.1 Å². The van der Waals surface area contributed by atoms with E-state index >= 15 is 0 Å². The number of rotatable bonds is 7. The predicted octanol–water partition coefficient (Wildman–Crippen LogP) is 2.46. The highest BCUT2D eigenvalue weighted by molar-refractivity contribution is 7.09. The molecule has 4 heterocycles. The Morgan fingerprint density at radius 1 is 1.27 bits per heavy atom. The average Bonchev–Trinajstić information content (AvgIpc) is 3.42. The van der Waals surface area contributed by atoms with Crippen LogP contribution in [-0.4, -0.2) is 67.1 Å². The molecule has 0 aromatic carbocycles. The first-order chi connectivity index (χ1) is 15.9. The van der Waals surface area contributed by atoms with Crippen LogP contribution in [0.5, 0.6) is 0 Å². The first kappa shape index (κ1) is 23.1. The molecule has 1 saturated heterocycles. The van der Waals surface area contributed by atoms with E-state index < -0.39 is 0 Å². The van der Waals surface area contributed by atoms with Gasteiger partial charge in [0.25, 0.3) is 5.91 Å². The minimum Gasteiger partial charge on any atom is -0.370 e. The highest BCUT2D eigenvalue weighted by atomic mass is 32.1. The Hall–Kier alpha value is -3.11. The molecule has 3 aromatic rings. The number of hydrogen-bond donors (Lipinski definition) is 0. The van der Waals surface area contributed by atoms with Crippen molar-refractivity contribution >= 4 is 23.2 Å². The molecule has 10 heteroatoms. The molecule has 0 radical (unpaired) electrons. The van der Waals surface area contributed by atoms with E-state index in [1.165, 1.54) is 11.3 Å². The van der Waals surface area contributed by atoms with E-state index in [1.54, 1.807) is 38.5 Å². The van der Waals surface area contributed by atoms with Crippen LogP contribution in [0.4, 0.5) is 0 Å². The van der Waals surface area contributed by atoms with Gasteiger partial charge in [-0.1, -0.05) is 19.9 Å². The Bertz CT molecular complexity index is 1100. The quantitative estimate of drug-likeness (QED) is 0.529. The molecule has 0 saturated carbocycles. The van der Waals surface area contributed by atoms with Gasteiger partial charge in [-0.05, 0) is 11.6 Å². The largest absolute Gasteiger partial charge is 0.370 e. The molecule has 4 rings (SSSR count). The van der Waals surface area contributed by atoms with Crippen LogP contribution in [0, 0.1) is 0 Å². The summed E-state index contributed by atoms with van der Waals surface area (Å²) < 4.78 is 7.87. The van der Waals surface area contributed by atoms with Crippen molar-refractivity contribution < 1.29 is 14.3 Å². The zero-order valence-electron chi connectivity index (χ0n) is 19.0. The maximum atomic E-state index is 13.2. The Kier molecular flexibility index (Phi) is 7.14. The molecule has 0 aliphatic carbocycles. The van der Waals surface area contributed by atoms with E-state index in [9.17, 15) is 9.59 Å². The van der Waals surface area contributed by atoms with Crippen LogP contribution in [0.1, 0.15) is 46.4 Å². The fourth-order valence-corrected chi connectivity index (χ4v) is 4.49. The van der Waals surface area contributed by atoms with Crippen molar-refractivity contribution in [3.8, 4) is 0 Å². The molecule has 1 aliphatic rings. The number of aryl methyl sites for hydroxylation is 1. The van der Waals surface area contributed by atoms with Gasteiger partial charge in [-0.3, -0.25) is 19.3 Å². The van der Waals surface area contributed by atoms with E-state index in [0.717, 1.165) is 16.1 Å². The fraction of sp³-hybridized carbons (Fsp3) is 0.435. The van der Waals surface area contributed by atoms with E-state index in [0.29, 0.717) is 31.9 Å². The molecule has 0 spiro atoms. The minimum absolute atomic E-state index is 0.0135. The Labute approximate surface area is 197 Å². The molecule has 1 fully saturated rings. The summed E-state index contributed by atoms with van der Waals surface area (Å²) in [5, 5.41) is 6.87. The number of amides is 2. The number of carbonyl (C=O) groups is 2.